The van der Waals surface area contributed by atoms with E-state index >= 15 is 0 Å². The van der Waals surface area contributed by atoms with Crippen LogP contribution < -0.4 is 10.5 Å². The lowest BCUT2D eigenvalue weighted by Gasteiger charge is -2.09. The maximum atomic E-state index is 12.0. The molecule has 0 aliphatic rings. The van der Waals surface area contributed by atoms with Crippen LogP contribution in [0.25, 0.3) is 0 Å². The quantitative estimate of drug-likeness (QED) is 0.854. The van der Waals surface area contributed by atoms with Crippen LogP contribution in [0.1, 0.15) is 5.56 Å². The molecule has 0 fully saturated rings. The summed E-state index contributed by atoms with van der Waals surface area (Å²) < 4.78 is 27.8. The molecular weight excluding hydrogens is 264 g/mol. The molecule has 0 saturated heterocycles. The van der Waals surface area contributed by atoms with Crippen molar-refractivity contribution in [3.05, 3.63) is 42.1 Å². The van der Waals surface area contributed by atoms with Gasteiger partial charge in [-0.2, -0.15) is 5.10 Å². The smallest absolute Gasteiger partial charge is 0.234 e. The molecule has 3 N–H and O–H groups in total. The van der Waals surface area contributed by atoms with Crippen molar-refractivity contribution in [2.75, 3.05) is 16.2 Å². The van der Waals surface area contributed by atoms with E-state index in [0.29, 0.717) is 17.9 Å². The average Bonchev–Trinajstić information content (AvgIpc) is 2.69. The minimum absolute atomic E-state index is 0.00162. The first kappa shape index (κ1) is 13.4. The molecule has 0 amide bonds. The Morgan fingerprint density at radius 3 is 2.58 bits per heavy atom. The number of nitrogens with two attached hydrogens (primary N) is 1. The highest BCUT2D eigenvalue weighted by molar-refractivity contribution is 7.92. The normalized spacial score (nSPS) is 11.4. The van der Waals surface area contributed by atoms with Crippen molar-refractivity contribution in [1.29, 1.82) is 0 Å². The zero-order valence-corrected chi connectivity index (χ0v) is 11.4. The molecule has 6 nitrogen and oxygen atoms in total. The predicted octanol–water partition coefficient (Wildman–Crippen LogP) is 0.987. The molecule has 0 radical (unpaired) electrons. The Morgan fingerprint density at radius 2 is 2.00 bits per heavy atom. The van der Waals surface area contributed by atoms with Gasteiger partial charge in [-0.15, -0.1) is 0 Å². The third-order valence-corrected chi connectivity index (χ3v) is 3.97. The number of nitrogens with zero attached hydrogens (tertiary/aromatic N) is 2. The van der Waals surface area contributed by atoms with Gasteiger partial charge < -0.3 is 5.73 Å². The number of anilines is 2. The lowest BCUT2D eigenvalue weighted by molar-refractivity contribution is 0.599. The predicted molar refractivity (Wildman–Crippen MR) is 75.2 cm³/mol. The Balaban J connectivity index is 2.04. The van der Waals surface area contributed by atoms with Gasteiger partial charge >= 0.3 is 0 Å². The summed E-state index contributed by atoms with van der Waals surface area (Å²) in [6.45, 7) is 0. The second kappa shape index (κ2) is 5.31. The number of hydrogen-bond acceptors (Lipinski definition) is 4. The first-order chi connectivity index (χ1) is 8.98. The molecule has 2 rings (SSSR count). The largest absolute Gasteiger partial charge is 0.394 e. The van der Waals surface area contributed by atoms with Gasteiger partial charge in [-0.3, -0.25) is 9.40 Å². The molecule has 7 heteroatoms. The topological polar surface area (TPSA) is 90.0 Å². The monoisotopic (exact) mass is 280 g/mol. The fraction of sp³-hybridized carbons (Fsp3) is 0.250. The maximum absolute atomic E-state index is 12.0. The summed E-state index contributed by atoms with van der Waals surface area (Å²) in [5.74, 6) is 0.301. The van der Waals surface area contributed by atoms with Gasteiger partial charge in [-0.1, -0.05) is 30.3 Å². The van der Waals surface area contributed by atoms with Gasteiger partial charge in [0.15, 0.2) is 5.82 Å². The maximum Gasteiger partial charge on any atom is 0.234 e. The Kier molecular flexibility index (Phi) is 3.75. The summed E-state index contributed by atoms with van der Waals surface area (Å²) in [4.78, 5) is 0. The molecule has 102 valence electrons. The van der Waals surface area contributed by atoms with Crippen LogP contribution in [-0.2, 0) is 23.5 Å². The molecule has 0 aliphatic carbocycles. The van der Waals surface area contributed by atoms with E-state index < -0.39 is 10.0 Å². The molecule has 0 bridgehead atoms. The van der Waals surface area contributed by atoms with E-state index in [-0.39, 0.29) is 5.75 Å². The highest BCUT2D eigenvalue weighted by Crippen LogP contribution is 2.17. The number of aromatic nitrogens is 2. The Morgan fingerprint density at radius 1 is 1.32 bits per heavy atom. The average molecular weight is 280 g/mol. The van der Waals surface area contributed by atoms with Crippen molar-refractivity contribution >= 4 is 21.5 Å². The Hall–Kier alpha value is -2.02. The van der Waals surface area contributed by atoms with Crippen LogP contribution in [-0.4, -0.2) is 24.0 Å². The number of nitrogens with one attached hydrogen (secondary N) is 1. The van der Waals surface area contributed by atoms with Crippen LogP contribution in [0.15, 0.2) is 36.5 Å². The number of benzene rings is 1. The molecule has 1 aromatic carbocycles. The van der Waals surface area contributed by atoms with Crippen LogP contribution in [0.4, 0.5) is 11.5 Å². The summed E-state index contributed by atoms with van der Waals surface area (Å²) in [5.41, 5.74) is 6.93. The molecular formula is C12H16N4O2S. The summed E-state index contributed by atoms with van der Waals surface area (Å²) in [6, 6.07) is 9.46. The van der Waals surface area contributed by atoms with Crippen molar-refractivity contribution < 1.29 is 8.42 Å². The van der Waals surface area contributed by atoms with Crippen molar-refractivity contribution in [1.82, 2.24) is 9.78 Å². The zero-order chi connectivity index (χ0) is 13.9. The van der Waals surface area contributed by atoms with Crippen LogP contribution in [0.5, 0.6) is 0 Å². The summed E-state index contributed by atoms with van der Waals surface area (Å²) in [6.07, 6.45) is 1.86. The zero-order valence-electron chi connectivity index (χ0n) is 10.6. The molecule has 0 atom stereocenters. The van der Waals surface area contributed by atoms with Crippen molar-refractivity contribution in [2.45, 2.75) is 6.42 Å². The lowest BCUT2D eigenvalue weighted by Crippen LogP contribution is -2.20. The molecule has 1 aromatic heterocycles. The second-order valence-electron chi connectivity index (χ2n) is 4.23. The molecule has 19 heavy (non-hydrogen) atoms. The fourth-order valence-corrected chi connectivity index (χ4v) is 2.83. The van der Waals surface area contributed by atoms with Gasteiger partial charge in [-0.05, 0) is 12.0 Å². The third-order valence-electron chi connectivity index (χ3n) is 2.72. The number of aryl methyl sites for hydroxylation is 2. The van der Waals surface area contributed by atoms with Crippen LogP contribution in [0.2, 0.25) is 0 Å². The first-order valence-corrected chi connectivity index (χ1v) is 7.45. The van der Waals surface area contributed by atoms with E-state index in [4.69, 9.17) is 5.73 Å². The highest BCUT2D eigenvalue weighted by atomic mass is 32.2. The van der Waals surface area contributed by atoms with Crippen LogP contribution >= 0.6 is 0 Å². The van der Waals surface area contributed by atoms with Gasteiger partial charge in [-0.25, -0.2) is 8.42 Å². The van der Waals surface area contributed by atoms with E-state index in [1.807, 2.05) is 30.3 Å². The van der Waals surface area contributed by atoms with Gasteiger partial charge in [0.2, 0.25) is 10.0 Å². The molecule has 2 aromatic rings. The second-order valence-corrected chi connectivity index (χ2v) is 6.07. The standard InChI is InChI=1S/C12H16N4O2S/c1-16-12(11(13)9-14-16)15-19(17,18)8-7-10-5-3-2-4-6-10/h2-6,9,15H,7-8,13H2,1H3. The van der Waals surface area contributed by atoms with Gasteiger partial charge in [0, 0.05) is 7.05 Å². The molecule has 0 unspecified atom stereocenters. The number of hydrogen-bond donors (Lipinski definition) is 2. The fourth-order valence-electron chi connectivity index (χ4n) is 1.67. The third kappa shape index (κ3) is 3.47. The van der Waals surface area contributed by atoms with Crippen molar-refractivity contribution in [3.63, 3.8) is 0 Å². The van der Waals surface area contributed by atoms with Crippen molar-refractivity contribution in [2.24, 2.45) is 7.05 Å². The molecule has 1 heterocycles. The minimum Gasteiger partial charge on any atom is -0.394 e. The Labute approximate surface area is 112 Å². The Bertz CT molecular complexity index is 630. The van der Waals surface area contributed by atoms with E-state index in [0.717, 1.165) is 5.56 Å². The van der Waals surface area contributed by atoms with Gasteiger partial charge in [0.25, 0.3) is 0 Å². The van der Waals surface area contributed by atoms with Crippen LogP contribution in [0, 0.1) is 0 Å². The minimum atomic E-state index is -3.44. The molecule has 0 spiro atoms. The highest BCUT2D eigenvalue weighted by Gasteiger charge is 2.15. The SMILES string of the molecule is Cn1ncc(N)c1NS(=O)(=O)CCc1ccccc1. The molecule has 0 saturated carbocycles. The van der Waals surface area contributed by atoms with Gasteiger partial charge in [0.1, 0.15) is 0 Å². The number of sulfonamides is 1. The van der Waals surface area contributed by atoms with E-state index in [1.165, 1.54) is 10.9 Å². The summed E-state index contributed by atoms with van der Waals surface area (Å²) >= 11 is 0. The van der Waals surface area contributed by atoms with E-state index in [9.17, 15) is 8.42 Å². The summed E-state index contributed by atoms with van der Waals surface area (Å²) in [5, 5.41) is 3.88. The van der Waals surface area contributed by atoms with E-state index in [1.54, 1.807) is 7.05 Å². The van der Waals surface area contributed by atoms with E-state index in [2.05, 4.69) is 9.82 Å². The van der Waals surface area contributed by atoms with Crippen LogP contribution in [0.3, 0.4) is 0 Å². The molecule has 0 aliphatic heterocycles. The van der Waals surface area contributed by atoms with Crippen molar-refractivity contribution in [3.8, 4) is 0 Å². The number of rotatable bonds is 5. The lowest BCUT2D eigenvalue weighted by atomic mass is 10.2. The number of nitrogen functional groups attached to an aromatic ring is 1. The summed E-state index contributed by atoms with van der Waals surface area (Å²) in [7, 11) is -1.81. The first-order valence-electron chi connectivity index (χ1n) is 5.80. The van der Waals surface area contributed by atoms with Gasteiger partial charge in [0.05, 0.1) is 17.6 Å².